The fraction of sp³-hybridized carbons (Fsp3) is 0.375. The summed E-state index contributed by atoms with van der Waals surface area (Å²) in [5.41, 5.74) is 0.422. The number of ketones is 1. The normalized spacial score (nSPS) is 22.8. The maximum absolute atomic E-state index is 12.9. The van der Waals surface area contributed by atoms with Gasteiger partial charge in [-0.3, -0.25) is 9.78 Å². The van der Waals surface area contributed by atoms with E-state index in [0.29, 0.717) is 0 Å². The lowest BCUT2D eigenvalue weighted by molar-refractivity contribution is 0.0865. The zero-order valence-corrected chi connectivity index (χ0v) is 11.1. The summed E-state index contributed by atoms with van der Waals surface area (Å²) in [5, 5.41) is 5.44. The molecule has 1 aromatic carbocycles. The fourth-order valence-corrected chi connectivity index (χ4v) is 3.03. The van der Waals surface area contributed by atoms with Crippen LogP contribution in [0.15, 0.2) is 36.7 Å². The molecular weight excluding hydrogens is 236 g/mol. The molecule has 1 N–H and O–H groups in total. The number of carbonyl (C=O) groups excluding carboxylic acids is 1. The summed E-state index contributed by atoms with van der Waals surface area (Å²) in [6, 6.07) is 7.85. The van der Waals surface area contributed by atoms with E-state index in [-0.39, 0.29) is 11.3 Å². The van der Waals surface area contributed by atoms with Crippen LogP contribution in [-0.2, 0) is 0 Å². The van der Waals surface area contributed by atoms with E-state index in [1.165, 1.54) is 0 Å². The number of carbonyl (C=O) groups is 1. The van der Waals surface area contributed by atoms with Crippen molar-refractivity contribution < 1.29 is 4.79 Å². The van der Waals surface area contributed by atoms with Crippen molar-refractivity contribution in [1.29, 1.82) is 0 Å². The Labute approximate surface area is 113 Å². The van der Waals surface area contributed by atoms with Crippen LogP contribution < -0.4 is 5.32 Å². The minimum Gasteiger partial charge on any atom is -0.305 e. The smallest absolute Gasteiger partial charge is 0.183 e. The fourth-order valence-electron chi connectivity index (χ4n) is 3.03. The van der Waals surface area contributed by atoms with Crippen molar-refractivity contribution in [2.24, 2.45) is 0 Å². The van der Waals surface area contributed by atoms with E-state index in [9.17, 15) is 4.79 Å². The van der Waals surface area contributed by atoms with Gasteiger partial charge in [0.2, 0.25) is 0 Å². The molecule has 1 aromatic heterocycles. The molecule has 3 rings (SSSR count). The Morgan fingerprint density at radius 2 is 2.32 bits per heavy atom. The molecule has 98 valence electrons. The summed E-state index contributed by atoms with van der Waals surface area (Å²) in [7, 11) is 0. The first-order valence-electron chi connectivity index (χ1n) is 6.89. The van der Waals surface area contributed by atoms with Crippen LogP contribution in [0.25, 0.3) is 10.8 Å². The van der Waals surface area contributed by atoms with Gasteiger partial charge < -0.3 is 5.32 Å². The Bertz CT molecular complexity index is 610. The molecule has 2 heterocycles. The van der Waals surface area contributed by atoms with Crippen LogP contribution in [0.2, 0.25) is 0 Å². The van der Waals surface area contributed by atoms with E-state index in [0.717, 1.165) is 42.1 Å². The summed E-state index contributed by atoms with van der Waals surface area (Å²) in [4.78, 5) is 17.1. The highest BCUT2D eigenvalue weighted by atomic mass is 16.1. The molecule has 2 aromatic rings. The summed E-state index contributed by atoms with van der Waals surface area (Å²) in [6.45, 7) is 3.02. The minimum absolute atomic E-state index is 0.214. The minimum atomic E-state index is -0.371. The molecule has 3 heteroatoms. The number of hydrogen-bond acceptors (Lipinski definition) is 3. The van der Waals surface area contributed by atoms with Crippen molar-refractivity contribution in [1.82, 2.24) is 10.3 Å². The van der Waals surface area contributed by atoms with Gasteiger partial charge >= 0.3 is 0 Å². The van der Waals surface area contributed by atoms with Gasteiger partial charge in [0, 0.05) is 23.3 Å². The van der Waals surface area contributed by atoms with Crippen LogP contribution in [0.4, 0.5) is 0 Å². The monoisotopic (exact) mass is 254 g/mol. The molecule has 0 aliphatic carbocycles. The second-order valence-electron chi connectivity index (χ2n) is 5.20. The van der Waals surface area contributed by atoms with Gasteiger partial charge in [0.05, 0.1) is 5.54 Å². The molecule has 1 aliphatic heterocycles. The number of fused-ring (bicyclic) bond motifs is 1. The molecule has 3 nitrogen and oxygen atoms in total. The van der Waals surface area contributed by atoms with Gasteiger partial charge in [-0.25, -0.2) is 0 Å². The van der Waals surface area contributed by atoms with Crippen LogP contribution >= 0.6 is 0 Å². The lowest BCUT2D eigenvalue weighted by atomic mass is 9.84. The summed E-state index contributed by atoms with van der Waals surface area (Å²) in [5.74, 6) is 0.214. The number of pyridine rings is 1. The van der Waals surface area contributed by atoms with Crippen molar-refractivity contribution in [2.45, 2.75) is 31.7 Å². The van der Waals surface area contributed by atoms with E-state index in [2.05, 4.69) is 17.2 Å². The maximum atomic E-state index is 12.9. The van der Waals surface area contributed by atoms with Gasteiger partial charge in [0.15, 0.2) is 5.78 Å². The van der Waals surface area contributed by atoms with Crippen LogP contribution in [0.5, 0.6) is 0 Å². The first-order valence-corrected chi connectivity index (χ1v) is 6.89. The van der Waals surface area contributed by atoms with Gasteiger partial charge in [-0.15, -0.1) is 0 Å². The number of nitrogens with zero attached hydrogens (tertiary/aromatic N) is 1. The molecule has 0 spiro atoms. The highest BCUT2D eigenvalue weighted by Crippen LogP contribution is 2.30. The zero-order valence-electron chi connectivity index (χ0n) is 11.1. The number of hydrogen-bond donors (Lipinski definition) is 1. The largest absolute Gasteiger partial charge is 0.305 e. The molecule has 1 atom stereocenters. The lowest BCUT2D eigenvalue weighted by Crippen LogP contribution is -2.47. The second kappa shape index (κ2) is 4.74. The van der Waals surface area contributed by atoms with Gasteiger partial charge in [0.1, 0.15) is 0 Å². The first kappa shape index (κ1) is 12.3. The molecule has 0 radical (unpaired) electrons. The van der Waals surface area contributed by atoms with Crippen LogP contribution in [0.1, 0.15) is 36.5 Å². The molecule has 1 unspecified atom stereocenters. The van der Waals surface area contributed by atoms with E-state index in [1.807, 2.05) is 24.3 Å². The Morgan fingerprint density at radius 3 is 3.05 bits per heavy atom. The van der Waals surface area contributed by atoms with Gasteiger partial charge in [-0.1, -0.05) is 25.1 Å². The summed E-state index contributed by atoms with van der Waals surface area (Å²) < 4.78 is 0. The standard InChI is InChI=1S/C16H18N2O/c1-2-16(8-4-9-18-16)15(19)13-6-3-5-12-7-10-17-11-14(12)13/h3,5-7,10-11,18H,2,4,8-9H2,1H3. The number of Topliss-reactive ketones (excluding diaryl/α,β-unsaturated/α-hetero) is 1. The highest BCUT2D eigenvalue weighted by molar-refractivity contribution is 6.12. The first-order chi connectivity index (χ1) is 9.27. The Kier molecular flexibility index (Phi) is 3.07. The molecule has 1 fully saturated rings. The lowest BCUT2D eigenvalue weighted by Gasteiger charge is -2.27. The average molecular weight is 254 g/mol. The van der Waals surface area contributed by atoms with Gasteiger partial charge in [-0.2, -0.15) is 0 Å². The van der Waals surface area contributed by atoms with E-state index >= 15 is 0 Å². The molecule has 0 saturated carbocycles. The second-order valence-corrected chi connectivity index (χ2v) is 5.20. The summed E-state index contributed by atoms with van der Waals surface area (Å²) in [6.07, 6.45) is 6.39. The van der Waals surface area contributed by atoms with E-state index in [4.69, 9.17) is 0 Å². The Hall–Kier alpha value is -1.74. The third-order valence-electron chi connectivity index (χ3n) is 4.21. The van der Waals surface area contributed by atoms with Crippen molar-refractivity contribution >= 4 is 16.6 Å². The van der Waals surface area contributed by atoms with Crippen LogP contribution in [0.3, 0.4) is 0 Å². The van der Waals surface area contributed by atoms with Gasteiger partial charge in [-0.05, 0) is 37.3 Å². The third kappa shape index (κ3) is 1.94. The number of benzene rings is 1. The highest BCUT2D eigenvalue weighted by Gasteiger charge is 2.39. The van der Waals surface area contributed by atoms with Crippen molar-refractivity contribution in [3.63, 3.8) is 0 Å². The van der Waals surface area contributed by atoms with Crippen LogP contribution in [0, 0.1) is 0 Å². The summed E-state index contributed by atoms with van der Waals surface area (Å²) >= 11 is 0. The molecule has 0 bridgehead atoms. The number of aromatic nitrogens is 1. The molecule has 19 heavy (non-hydrogen) atoms. The quantitative estimate of drug-likeness (QED) is 0.856. The topological polar surface area (TPSA) is 42.0 Å². The Morgan fingerprint density at radius 1 is 1.42 bits per heavy atom. The van der Waals surface area contributed by atoms with E-state index < -0.39 is 0 Å². The average Bonchev–Trinajstić information content (AvgIpc) is 2.96. The third-order valence-corrected chi connectivity index (χ3v) is 4.21. The Balaban J connectivity index is 2.11. The van der Waals surface area contributed by atoms with E-state index in [1.54, 1.807) is 12.4 Å². The number of nitrogens with one attached hydrogen (secondary N) is 1. The van der Waals surface area contributed by atoms with Gasteiger partial charge in [0.25, 0.3) is 0 Å². The zero-order chi connectivity index (χ0) is 13.3. The number of rotatable bonds is 3. The molecular formula is C16H18N2O. The van der Waals surface area contributed by atoms with Crippen molar-refractivity contribution in [3.8, 4) is 0 Å². The molecule has 0 amide bonds. The van der Waals surface area contributed by atoms with Crippen molar-refractivity contribution in [3.05, 3.63) is 42.2 Å². The molecule has 1 saturated heterocycles. The van der Waals surface area contributed by atoms with Crippen LogP contribution in [-0.4, -0.2) is 22.9 Å². The van der Waals surface area contributed by atoms with Crippen molar-refractivity contribution in [2.75, 3.05) is 6.54 Å². The molecule has 1 aliphatic rings. The SMILES string of the molecule is CCC1(C(=O)c2cccc3ccncc23)CCCN1. The predicted octanol–water partition coefficient (Wildman–Crippen LogP) is 2.95. The predicted molar refractivity (Wildman–Crippen MR) is 76.3 cm³/mol. The maximum Gasteiger partial charge on any atom is 0.183 e.